The number of nitrogens with zero attached hydrogens (tertiary/aromatic N) is 3. The molecule has 0 bridgehead atoms. The van der Waals surface area contributed by atoms with Crippen molar-refractivity contribution in [2.45, 2.75) is 38.5 Å². The molecule has 1 aromatic carbocycles. The van der Waals surface area contributed by atoms with Crippen molar-refractivity contribution in [2.75, 3.05) is 16.8 Å². The van der Waals surface area contributed by atoms with Gasteiger partial charge in [0.05, 0.1) is 17.3 Å². The van der Waals surface area contributed by atoms with E-state index in [0.717, 1.165) is 41.8 Å². The first-order valence-electron chi connectivity index (χ1n) is 10.1. The van der Waals surface area contributed by atoms with E-state index in [0.29, 0.717) is 18.8 Å². The maximum atomic E-state index is 15.3. The summed E-state index contributed by atoms with van der Waals surface area (Å²) in [5.41, 5.74) is 2.25. The van der Waals surface area contributed by atoms with Gasteiger partial charge in [-0.15, -0.1) is 0 Å². The van der Waals surface area contributed by atoms with Crippen molar-refractivity contribution in [1.82, 2.24) is 9.97 Å². The summed E-state index contributed by atoms with van der Waals surface area (Å²) in [5, 5.41) is 3.01. The summed E-state index contributed by atoms with van der Waals surface area (Å²) in [4.78, 5) is 10.2. The third-order valence-electron chi connectivity index (χ3n) is 5.49. The summed E-state index contributed by atoms with van der Waals surface area (Å²) in [7, 11) is 0. The molecule has 162 valence electrons. The molecule has 1 fully saturated rings. The van der Waals surface area contributed by atoms with E-state index in [2.05, 4.69) is 15.3 Å². The zero-order chi connectivity index (χ0) is 22.0. The van der Waals surface area contributed by atoms with E-state index in [1.54, 1.807) is 12.3 Å². The zero-order valence-electron chi connectivity index (χ0n) is 17.0. The molecule has 0 amide bonds. The Morgan fingerprint density at radius 1 is 1.06 bits per heavy atom. The number of aryl methyl sites for hydroxylation is 1. The number of hydrogen-bond acceptors (Lipinski definition) is 4. The van der Waals surface area contributed by atoms with Crippen molar-refractivity contribution in [3.8, 4) is 0 Å². The fourth-order valence-electron chi connectivity index (χ4n) is 3.86. The summed E-state index contributed by atoms with van der Waals surface area (Å²) < 4.78 is 53.9. The van der Waals surface area contributed by atoms with Crippen molar-refractivity contribution in [3.05, 3.63) is 83.1 Å². The topological polar surface area (TPSA) is 41.1 Å². The van der Waals surface area contributed by atoms with Crippen LogP contribution in [0.2, 0.25) is 0 Å². The average molecular weight is 430 g/mol. The van der Waals surface area contributed by atoms with Gasteiger partial charge in [-0.05, 0) is 55.2 Å². The van der Waals surface area contributed by atoms with E-state index in [1.807, 2.05) is 24.0 Å². The Hall–Kier alpha value is -3.16. The molecule has 3 aromatic rings. The maximum Gasteiger partial charge on any atom is 0.416 e. The number of alkyl halides is 3. The Labute approximate surface area is 178 Å². The first kappa shape index (κ1) is 21.1. The Morgan fingerprint density at radius 3 is 2.52 bits per heavy atom. The van der Waals surface area contributed by atoms with Gasteiger partial charge in [0.1, 0.15) is 0 Å². The van der Waals surface area contributed by atoms with Crippen LogP contribution in [-0.2, 0) is 12.7 Å². The molecule has 1 aliphatic heterocycles. The SMILES string of the molecule is Cc1ccc(CNc2nccc(N3CCCC3c3ccc(C(F)(F)F)cc3)c2F)cn1. The Balaban J connectivity index is 1.54. The minimum atomic E-state index is -4.38. The highest BCUT2D eigenvalue weighted by molar-refractivity contribution is 5.58. The van der Waals surface area contributed by atoms with E-state index < -0.39 is 17.6 Å². The minimum absolute atomic E-state index is 0.135. The van der Waals surface area contributed by atoms with Crippen LogP contribution in [0.5, 0.6) is 0 Å². The smallest absolute Gasteiger partial charge is 0.363 e. The number of anilines is 2. The molecule has 1 N–H and O–H groups in total. The molecular formula is C23H22F4N4. The predicted octanol–water partition coefficient (Wildman–Crippen LogP) is 5.90. The lowest BCUT2D eigenvalue weighted by molar-refractivity contribution is -0.137. The van der Waals surface area contributed by atoms with Crippen LogP contribution >= 0.6 is 0 Å². The van der Waals surface area contributed by atoms with Gasteiger partial charge in [0.2, 0.25) is 0 Å². The monoisotopic (exact) mass is 430 g/mol. The molecular weight excluding hydrogens is 408 g/mol. The van der Waals surface area contributed by atoms with E-state index in [9.17, 15) is 13.2 Å². The molecule has 4 nitrogen and oxygen atoms in total. The van der Waals surface area contributed by atoms with Crippen molar-refractivity contribution in [1.29, 1.82) is 0 Å². The second-order valence-corrected chi connectivity index (χ2v) is 7.63. The van der Waals surface area contributed by atoms with Crippen LogP contribution in [0.25, 0.3) is 0 Å². The van der Waals surface area contributed by atoms with Gasteiger partial charge < -0.3 is 10.2 Å². The first-order chi connectivity index (χ1) is 14.8. The zero-order valence-corrected chi connectivity index (χ0v) is 17.0. The van der Waals surface area contributed by atoms with E-state index in [-0.39, 0.29) is 11.9 Å². The molecule has 1 aliphatic rings. The molecule has 1 atom stereocenters. The van der Waals surface area contributed by atoms with Gasteiger partial charge in [0.25, 0.3) is 0 Å². The molecule has 0 radical (unpaired) electrons. The average Bonchev–Trinajstić information content (AvgIpc) is 3.23. The molecule has 2 aromatic heterocycles. The molecule has 31 heavy (non-hydrogen) atoms. The Morgan fingerprint density at radius 2 is 1.84 bits per heavy atom. The number of benzene rings is 1. The van der Waals surface area contributed by atoms with Gasteiger partial charge in [-0.1, -0.05) is 18.2 Å². The Bertz CT molecular complexity index is 1030. The number of pyridine rings is 2. The van der Waals surface area contributed by atoms with Crippen LogP contribution in [-0.4, -0.2) is 16.5 Å². The van der Waals surface area contributed by atoms with Gasteiger partial charge in [0.15, 0.2) is 11.6 Å². The highest BCUT2D eigenvalue weighted by Gasteiger charge is 2.32. The lowest BCUT2D eigenvalue weighted by Crippen LogP contribution is -2.24. The maximum absolute atomic E-state index is 15.3. The molecule has 0 aliphatic carbocycles. The van der Waals surface area contributed by atoms with Crippen LogP contribution in [0.4, 0.5) is 29.1 Å². The highest BCUT2D eigenvalue weighted by Crippen LogP contribution is 2.39. The van der Waals surface area contributed by atoms with Crippen LogP contribution in [0.1, 0.15) is 41.3 Å². The van der Waals surface area contributed by atoms with Crippen molar-refractivity contribution >= 4 is 11.5 Å². The molecule has 4 rings (SSSR count). The standard InChI is InChI=1S/C23H22F4N4/c1-15-4-5-16(13-29-15)14-30-22-21(24)20(10-11-28-22)31-12-2-3-19(31)17-6-8-18(9-7-17)23(25,26)27/h4-11,13,19H,2-3,12,14H2,1H3,(H,28,30). The third-order valence-corrected chi connectivity index (χ3v) is 5.49. The highest BCUT2D eigenvalue weighted by atomic mass is 19.4. The number of aromatic nitrogens is 2. The summed E-state index contributed by atoms with van der Waals surface area (Å²) in [6.45, 7) is 2.89. The molecule has 1 saturated heterocycles. The van der Waals surface area contributed by atoms with Gasteiger partial charge in [-0.25, -0.2) is 9.37 Å². The number of halogens is 4. The number of hydrogen-bond donors (Lipinski definition) is 1. The lowest BCUT2D eigenvalue weighted by atomic mass is 10.0. The summed E-state index contributed by atoms with van der Waals surface area (Å²) in [5.74, 6) is -0.336. The molecule has 3 heterocycles. The largest absolute Gasteiger partial charge is 0.416 e. The normalized spacial score (nSPS) is 16.5. The Kier molecular flexibility index (Phi) is 5.80. The second-order valence-electron chi connectivity index (χ2n) is 7.63. The van der Waals surface area contributed by atoms with Crippen LogP contribution in [0.3, 0.4) is 0 Å². The molecule has 8 heteroatoms. The van der Waals surface area contributed by atoms with E-state index in [1.165, 1.54) is 18.3 Å². The molecule has 1 unspecified atom stereocenters. The lowest BCUT2D eigenvalue weighted by Gasteiger charge is -2.28. The van der Waals surface area contributed by atoms with Crippen molar-refractivity contribution in [3.63, 3.8) is 0 Å². The van der Waals surface area contributed by atoms with Gasteiger partial charge in [0, 0.05) is 31.2 Å². The second kappa shape index (κ2) is 8.53. The van der Waals surface area contributed by atoms with E-state index in [4.69, 9.17) is 0 Å². The van der Waals surface area contributed by atoms with Crippen molar-refractivity contribution in [2.24, 2.45) is 0 Å². The quantitative estimate of drug-likeness (QED) is 0.512. The number of rotatable bonds is 5. The van der Waals surface area contributed by atoms with Gasteiger partial charge in [-0.3, -0.25) is 4.98 Å². The molecule has 0 saturated carbocycles. The fraction of sp³-hybridized carbons (Fsp3) is 0.304. The first-order valence-corrected chi connectivity index (χ1v) is 10.1. The number of nitrogens with one attached hydrogen (secondary N) is 1. The van der Waals surface area contributed by atoms with Gasteiger partial charge >= 0.3 is 6.18 Å². The van der Waals surface area contributed by atoms with Crippen LogP contribution in [0, 0.1) is 12.7 Å². The van der Waals surface area contributed by atoms with Gasteiger partial charge in [-0.2, -0.15) is 13.2 Å². The van der Waals surface area contributed by atoms with Crippen molar-refractivity contribution < 1.29 is 17.6 Å². The summed E-state index contributed by atoms with van der Waals surface area (Å²) >= 11 is 0. The fourth-order valence-corrected chi connectivity index (χ4v) is 3.86. The predicted molar refractivity (Wildman–Crippen MR) is 111 cm³/mol. The van der Waals surface area contributed by atoms with E-state index >= 15 is 4.39 Å². The van der Waals surface area contributed by atoms with Crippen LogP contribution in [0.15, 0.2) is 54.9 Å². The van der Waals surface area contributed by atoms with Crippen LogP contribution < -0.4 is 10.2 Å². The minimum Gasteiger partial charge on any atom is -0.363 e. The third kappa shape index (κ3) is 4.62. The molecule has 0 spiro atoms. The summed E-state index contributed by atoms with van der Waals surface area (Å²) in [6.07, 6.45) is 0.455. The summed E-state index contributed by atoms with van der Waals surface area (Å²) in [6, 6.07) is 10.3.